The van der Waals surface area contributed by atoms with Crippen LogP contribution in [0.15, 0.2) is 38.5 Å². The van der Waals surface area contributed by atoms with Crippen molar-refractivity contribution >= 4 is 16.7 Å². The van der Waals surface area contributed by atoms with E-state index < -0.39 is 23.2 Å². The summed E-state index contributed by atoms with van der Waals surface area (Å²) < 4.78 is 45.3. The summed E-state index contributed by atoms with van der Waals surface area (Å²) in [4.78, 5) is 16.8. The monoisotopic (exact) mass is 352 g/mol. The number of allylic oxidation sites excluding steroid dienone is 2. The molecule has 0 saturated carbocycles. The lowest BCUT2D eigenvalue weighted by Crippen LogP contribution is -2.17. The van der Waals surface area contributed by atoms with Crippen molar-refractivity contribution in [1.82, 2.24) is 0 Å². The SMILES string of the molecule is C/C=C\C(=NC)c1oc2c(C(C)N)cc(C(F)(F)F)cc2c(=O)c1C. The molecule has 7 heteroatoms. The first kappa shape index (κ1) is 18.9. The Kier molecular flexibility index (Phi) is 5.17. The van der Waals surface area contributed by atoms with Crippen molar-refractivity contribution < 1.29 is 17.6 Å². The Morgan fingerprint density at radius 2 is 2.00 bits per heavy atom. The van der Waals surface area contributed by atoms with Crippen molar-refractivity contribution in [3.8, 4) is 0 Å². The molecule has 0 aliphatic heterocycles. The number of hydrogen-bond acceptors (Lipinski definition) is 4. The highest BCUT2D eigenvalue weighted by molar-refractivity contribution is 6.08. The maximum atomic E-state index is 13.2. The molecule has 4 nitrogen and oxygen atoms in total. The fraction of sp³-hybridized carbons (Fsp3) is 0.333. The lowest BCUT2D eigenvalue weighted by Gasteiger charge is -2.15. The quantitative estimate of drug-likeness (QED) is 0.844. The molecule has 0 radical (unpaired) electrons. The van der Waals surface area contributed by atoms with Crippen LogP contribution in [0.4, 0.5) is 13.2 Å². The molecule has 1 atom stereocenters. The molecule has 0 saturated heterocycles. The molecule has 0 aliphatic rings. The summed E-state index contributed by atoms with van der Waals surface area (Å²) in [6.07, 6.45) is -1.20. The molecule has 0 aliphatic carbocycles. The predicted molar refractivity (Wildman–Crippen MR) is 92.1 cm³/mol. The molecule has 2 aromatic rings. The third kappa shape index (κ3) is 3.51. The second kappa shape index (κ2) is 6.84. The molecule has 2 rings (SSSR count). The highest BCUT2D eigenvalue weighted by Gasteiger charge is 2.33. The van der Waals surface area contributed by atoms with Gasteiger partial charge in [0.1, 0.15) is 5.58 Å². The van der Waals surface area contributed by atoms with Gasteiger partial charge in [-0.25, -0.2) is 0 Å². The Morgan fingerprint density at radius 1 is 1.36 bits per heavy atom. The van der Waals surface area contributed by atoms with Crippen LogP contribution in [0, 0.1) is 6.92 Å². The second-order valence-electron chi connectivity index (χ2n) is 5.72. The van der Waals surface area contributed by atoms with Gasteiger partial charge in [0, 0.05) is 24.2 Å². The van der Waals surface area contributed by atoms with Crippen LogP contribution in [0.2, 0.25) is 0 Å². The first-order valence-corrected chi connectivity index (χ1v) is 7.65. The van der Waals surface area contributed by atoms with Crippen LogP contribution in [-0.4, -0.2) is 12.8 Å². The van der Waals surface area contributed by atoms with Crippen LogP contribution in [0.3, 0.4) is 0 Å². The maximum absolute atomic E-state index is 13.2. The van der Waals surface area contributed by atoms with Crippen LogP contribution in [0.1, 0.15) is 42.3 Å². The van der Waals surface area contributed by atoms with Gasteiger partial charge < -0.3 is 10.2 Å². The number of rotatable bonds is 3. The largest absolute Gasteiger partial charge is 0.454 e. The Morgan fingerprint density at radius 3 is 2.48 bits per heavy atom. The summed E-state index contributed by atoms with van der Waals surface area (Å²) in [6.45, 7) is 4.82. The Hall–Kier alpha value is -2.41. The van der Waals surface area contributed by atoms with Crippen LogP contribution >= 0.6 is 0 Å². The third-order valence-corrected chi connectivity index (χ3v) is 3.86. The average molecular weight is 352 g/mol. The van der Waals surface area contributed by atoms with E-state index in [2.05, 4.69) is 4.99 Å². The predicted octanol–water partition coefficient (Wildman–Crippen LogP) is 4.13. The maximum Gasteiger partial charge on any atom is 0.416 e. The molecule has 0 amide bonds. The third-order valence-electron chi connectivity index (χ3n) is 3.86. The number of aliphatic imine (C=N–C) groups is 1. The normalized spacial score (nSPS) is 14.5. The van der Waals surface area contributed by atoms with Gasteiger partial charge in [0.05, 0.1) is 16.7 Å². The lowest BCUT2D eigenvalue weighted by molar-refractivity contribution is -0.137. The van der Waals surface area contributed by atoms with Crippen molar-refractivity contribution in [2.75, 3.05) is 7.05 Å². The molecule has 25 heavy (non-hydrogen) atoms. The van der Waals surface area contributed by atoms with E-state index >= 15 is 0 Å². The van der Waals surface area contributed by atoms with Crippen molar-refractivity contribution in [2.45, 2.75) is 33.0 Å². The van der Waals surface area contributed by atoms with Gasteiger partial charge >= 0.3 is 6.18 Å². The molecule has 134 valence electrons. The summed E-state index contributed by atoms with van der Waals surface area (Å²) in [5, 5.41) is -0.140. The van der Waals surface area contributed by atoms with Crippen molar-refractivity contribution in [1.29, 1.82) is 0 Å². The van der Waals surface area contributed by atoms with Gasteiger partial charge in [0.25, 0.3) is 0 Å². The van der Waals surface area contributed by atoms with Crippen molar-refractivity contribution in [2.24, 2.45) is 10.7 Å². The molecule has 2 N–H and O–H groups in total. The average Bonchev–Trinajstić information content (AvgIpc) is 2.54. The molecule has 0 spiro atoms. The standard InChI is InChI=1S/C18H19F3N2O2/c1-5-6-14(23-4)16-9(2)15(24)13-8-11(18(19,20)21)7-12(10(3)22)17(13)25-16/h5-8,10H,22H2,1-4H3/b6-5-,23-14?. The molecular formula is C18H19F3N2O2. The molecule has 1 aromatic carbocycles. The smallest absolute Gasteiger partial charge is 0.416 e. The minimum absolute atomic E-state index is 0.0549. The molecule has 0 fully saturated rings. The Balaban J connectivity index is 2.97. The van der Waals surface area contributed by atoms with Gasteiger partial charge in [-0.2, -0.15) is 13.2 Å². The summed E-state index contributed by atoms with van der Waals surface area (Å²) in [7, 11) is 1.54. The molecule has 1 heterocycles. The van der Waals surface area contributed by atoms with E-state index in [1.165, 1.54) is 20.9 Å². The highest BCUT2D eigenvalue weighted by Crippen LogP contribution is 2.34. The number of nitrogens with two attached hydrogens (primary N) is 1. The summed E-state index contributed by atoms with van der Waals surface area (Å²) >= 11 is 0. The van der Waals surface area contributed by atoms with Gasteiger partial charge in [0.15, 0.2) is 11.2 Å². The van der Waals surface area contributed by atoms with Gasteiger partial charge in [-0.05, 0) is 39.0 Å². The minimum Gasteiger partial charge on any atom is -0.454 e. The van der Waals surface area contributed by atoms with Crippen LogP contribution in [0.25, 0.3) is 11.0 Å². The Bertz CT molecular complexity index is 923. The van der Waals surface area contributed by atoms with E-state index in [1.54, 1.807) is 19.1 Å². The molecule has 0 bridgehead atoms. The first-order chi connectivity index (χ1) is 11.6. The molecule has 1 aromatic heterocycles. The van der Waals surface area contributed by atoms with E-state index in [1.807, 2.05) is 0 Å². The van der Waals surface area contributed by atoms with Gasteiger partial charge in [-0.15, -0.1) is 0 Å². The first-order valence-electron chi connectivity index (χ1n) is 7.65. The molecular weight excluding hydrogens is 333 g/mol. The number of alkyl halides is 3. The van der Waals surface area contributed by atoms with Crippen LogP contribution < -0.4 is 11.2 Å². The Labute approximate surface area is 142 Å². The number of halogens is 3. The summed E-state index contributed by atoms with van der Waals surface area (Å²) in [5.41, 5.74) is 5.17. The second-order valence-corrected chi connectivity index (χ2v) is 5.72. The highest BCUT2D eigenvalue weighted by atomic mass is 19.4. The fourth-order valence-corrected chi connectivity index (χ4v) is 2.57. The zero-order chi connectivity index (χ0) is 18.9. The topological polar surface area (TPSA) is 68.6 Å². The van der Waals surface area contributed by atoms with Gasteiger partial charge in [-0.3, -0.25) is 9.79 Å². The summed E-state index contributed by atoms with van der Waals surface area (Å²) in [5.74, 6) is 0.222. The summed E-state index contributed by atoms with van der Waals surface area (Å²) in [6, 6.07) is 0.989. The molecule has 1 unspecified atom stereocenters. The fourth-order valence-electron chi connectivity index (χ4n) is 2.57. The van der Waals surface area contributed by atoms with E-state index in [0.717, 1.165) is 12.1 Å². The van der Waals surface area contributed by atoms with Gasteiger partial charge in [0.2, 0.25) is 0 Å². The lowest BCUT2D eigenvalue weighted by atomic mass is 9.99. The van der Waals surface area contributed by atoms with E-state index in [0.29, 0.717) is 5.71 Å². The van der Waals surface area contributed by atoms with E-state index in [4.69, 9.17) is 10.2 Å². The van der Waals surface area contributed by atoms with Gasteiger partial charge in [-0.1, -0.05) is 6.08 Å². The number of nitrogens with zero attached hydrogens (tertiary/aromatic N) is 1. The number of benzene rings is 1. The zero-order valence-corrected chi connectivity index (χ0v) is 14.4. The number of hydrogen-bond donors (Lipinski definition) is 1. The van der Waals surface area contributed by atoms with E-state index in [9.17, 15) is 18.0 Å². The van der Waals surface area contributed by atoms with Crippen LogP contribution in [-0.2, 0) is 6.18 Å². The van der Waals surface area contributed by atoms with Crippen molar-refractivity contribution in [3.05, 3.63) is 57.0 Å². The van der Waals surface area contributed by atoms with Crippen LogP contribution in [0.5, 0.6) is 0 Å². The zero-order valence-electron chi connectivity index (χ0n) is 14.4. The van der Waals surface area contributed by atoms with Crippen molar-refractivity contribution in [3.63, 3.8) is 0 Å². The minimum atomic E-state index is -4.59. The van der Waals surface area contributed by atoms with E-state index in [-0.39, 0.29) is 27.9 Å². The number of fused-ring (bicyclic) bond motifs is 1.